The van der Waals surface area contributed by atoms with Crippen molar-refractivity contribution in [3.05, 3.63) is 67.6 Å². The van der Waals surface area contributed by atoms with Crippen molar-refractivity contribution in [1.82, 2.24) is 5.43 Å². The normalized spacial score (nSPS) is 12.5. The van der Waals surface area contributed by atoms with Crippen LogP contribution in [0.4, 0.5) is 0 Å². The van der Waals surface area contributed by atoms with E-state index in [1.165, 1.54) is 0 Å². The molecule has 0 aromatic heterocycles. The number of nitrogens with one attached hydrogen (secondary N) is 1. The van der Waals surface area contributed by atoms with Crippen LogP contribution in [0.15, 0.2) is 36.4 Å². The molecule has 19 heavy (non-hydrogen) atoms. The van der Waals surface area contributed by atoms with E-state index in [0.29, 0.717) is 31.2 Å². The van der Waals surface area contributed by atoms with Crippen LogP contribution in [0.3, 0.4) is 0 Å². The molecule has 0 saturated carbocycles. The summed E-state index contributed by atoms with van der Waals surface area (Å²) in [6.45, 7) is 0. The topological polar surface area (TPSA) is 38.0 Å². The molecule has 6 heteroatoms. The van der Waals surface area contributed by atoms with E-state index >= 15 is 0 Å². The first-order valence-corrected chi connectivity index (χ1v) is 6.90. The summed E-state index contributed by atoms with van der Waals surface area (Å²) in [7, 11) is 0. The number of hydrogen-bond donors (Lipinski definition) is 2. The lowest BCUT2D eigenvalue weighted by atomic mass is 9.99. The average molecular weight is 336 g/mol. The van der Waals surface area contributed by atoms with Crippen LogP contribution in [-0.2, 0) is 0 Å². The van der Waals surface area contributed by atoms with Gasteiger partial charge in [-0.15, -0.1) is 0 Å². The Labute approximate surface area is 131 Å². The Morgan fingerprint density at radius 3 is 2.11 bits per heavy atom. The van der Waals surface area contributed by atoms with E-state index in [1.54, 1.807) is 36.4 Å². The quantitative estimate of drug-likeness (QED) is 0.621. The molecule has 3 N–H and O–H groups in total. The summed E-state index contributed by atoms with van der Waals surface area (Å²) in [5.74, 6) is 5.62. The van der Waals surface area contributed by atoms with E-state index in [0.717, 1.165) is 0 Å². The largest absolute Gasteiger partial charge is 0.271 e. The van der Waals surface area contributed by atoms with Crippen molar-refractivity contribution in [2.24, 2.45) is 5.84 Å². The van der Waals surface area contributed by atoms with Crippen molar-refractivity contribution in [2.75, 3.05) is 0 Å². The van der Waals surface area contributed by atoms with Gasteiger partial charge in [0.25, 0.3) is 0 Å². The van der Waals surface area contributed by atoms with Crippen LogP contribution in [0.1, 0.15) is 17.2 Å². The zero-order valence-electron chi connectivity index (χ0n) is 9.63. The third-order valence-electron chi connectivity index (χ3n) is 2.72. The zero-order valence-corrected chi connectivity index (χ0v) is 12.7. The molecule has 1 atom stereocenters. The van der Waals surface area contributed by atoms with Gasteiger partial charge in [-0.2, -0.15) is 0 Å². The number of hydrazine groups is 1. The smallest absolute Gasteiger partial charge is 0.0754 e. The molecule has 0 aliphatic carbocycles. The molecule has 2 aromatic carbocycles. The molecule has 100 valence electrons. The first-order valence-electron chi connectivity index (χ1n) is 5.39. The molecule has 0 heterocycles. The number of nitrogens with two attached hydrogens (primary N) is 1. The molecule has 0 amide bonds. The molecule has 0 fully saturated rings. The maximum Gasteiger partial charge on any atom is 0.0754 e. The van der Waals surface area contributed by atoms with E-state index in [1.807, 2.05) is 0 Å². The Kier molecular flexibility index (Phi) is 4.96. The molecule has 1 unspecified atom stereocenters. The van der Waals surface area contributed by atoms with Crippen molar-refractivity contribution in [2.45, 2.75) is 6.04 Å². The van der Waals surface area contributed by atoms with E-state index in [-0.39, 0.29) is 0 Å². The Morgan fingerprint density at radius 2 is 1.53 bits per heavy atom. The lowest BCUT2D eigenvalue weighted by Crippen LogP contribution is -2.29. The first kappa shape index (κ1) is 14.9. The molecule has 2 nitrogen and oxygen atoms in total. The number of rotatable bonds is 3. The fourth-order valence-electron chi connectivity index (χ4n) is 1.85. The van der Waals surface area contributed by atoms with Gasteiger partial charge in [-0.25, -0.2) is 5.43 Å². The van der Waals surface area contributed by atoms with E-state index in [4.69, 9.17) is 52.2 Å². The number of hydrogen-bond acceptors (Lipinski definition) is 2. The monoisotopic (exact) mass is 334 g/mol. The van der Waals surface area contributed by atoms with Gasteiger partial charge in [-0.1, -0.05) is 52.5 Å². The van der Waals surface area contributed by atoms with Gasteiger partial charge < -0.3 is 0 Å². The summed E-state index contributed by atoms with van der Waals surface area (Å²) in [5.41, 5.74) is 4.05. The molecule has 0 aliphatic rings. The van der Waals surface area contributed by atoms with E-state index < -0.39 is 6.04 Å². The SMILES string of the molecule is NNC(c1cc(Cl)ccc1Cl)c1c(Cl)cccc1Cl. The highest BCUT2D eigenvalue weighted by molar-refractivity contribution is 6.36. The fraction of sp³-hybridized carbons (Fsp3) is 0.0769. The minimum Gasteiger partial charge on any atom is -0.271 e. The third-order valence-corrected chi connectivity index (χ3v) is 3.96. The summed E-state index contributed by atoms with van der Waals surface area (Å²) in [4.78, 5) is 0. The highest BCUT2D eigenvalue weighted by Gasteiger charge is 2.21. The predicted octanol–water partition coefficient (Wildman–Crippen LogP) is 4.85. The van der Waals surface area contributed by atoms with Crippen molar-refractivity contribution in [3.63, 3.8) is 0 Å². The van der Waals surface area contributed by atoms with Crippen LogP contribution in [0, 0.1) is 0 Å². The fourth-order valence-corrected chi connectivity index (χ4v) is 2.87. The molecule has 0 spiro atoms. The molecule has 0 bridgehead atoms. The number of benzene rings is 2. The first-order chi connectivity index (χ1) is 9.04. The summed E-state index contributed by atoms with van der Waals surface area (Å²) in [6, 6.07) is 9.95. The van der Waals surface area contributed by atoms with Gasteiger partial charge in [0, 0.05) is 25.7 Å². The van der Waals surface area contributed by atoms with Gasteiger partial charge in [-0.3, -0.25) is 5.84 Å². The van der Waals surface area contributed by atoms with Crippen molar-refractivity contribution in [3.8, 4) is 0 Å². The second-order valence-corrected chi connectivity index (χ2v) is 5.56. The lowest BCUT2D eigenvalue weighted by Gasteiger charge is -2.20. The Morgan fingerprint density at radius 1 is 0.895 bits per heavy atom. The molecule has 0 saturated heterocycles. The van der Waals surface area contributed by atoms with Gasteiger partial charge >= 0.3 is 0 Å². The third kappa shape index (κ3) is 3.16. The molecular formula is C13H10Cl4N2. The van der Waals surface area contributed by atoms with Crippen LogP contribution >= 0.6 is 46.4 Å². The summed E-state index contributed by atoms with van der Waals surface area (Å²) >= 11 is 24.6. The van der Waals surface area contributed by atoms with Crippen molar-refractivity contribution >= 4 is 46.4 Å². The molecule has 2 rings (SSSR count). The Hall–Kier alpha value is -0.480. The second kappa shape index (κ2) is 6.31. The summed E-state index contributed by atoms with van der Waals surface area (Å²) < 4.78 is 0. The van der Waals surface area contributed by atoms with E-state index in [9.17, 15) is 0 Å². The Bertz CT molecular complexity index is 581. The second-order valence-electron chi connectivity index (χ2n) is 3.90. The van der Waals surface area contributed by atoms with Crippen LogP contribution < -0.4 is 11.3 Å². The average Bonchev–Trinajstić information content (AvgIpc) is 2.37. The zero-order chi connectivity index (χ0) is 14.0. The number of halogens is 4. The van der Waals surface area contributed by atoms with Gasteiger partial charge in [0.2, 0.25) is 0 Å². The van der Waals surface area contributed by atoms with Crippen LogP contribution in [-0.4, -0.2) is 0 Å². The minimum atomic E-state index is -0.438. The molecular weight excluding hydrogens is 326 g/mol. The standard InChI is InChI=1S/C13H10Cl4N2/c14-7-4-5-9(15)8(6-7)13(19-18)12-10(16)2-1-3-11(12)17/h1-6,13,19H,18H2. The predicted molar refractivity (Wildman–Crippen MR) is 82.1 cm³/mol. The van der Waals surface area contributed by atoms with Crippen LogP contribution in [0.5, 0.6) is 0 Å². The van der Waals surface area contributed by atoms with Crippen LogP contribution in [0.2, 0.25) is 20.1 Å². The minimum absolute atomic E-state index is 0.438. The maximum absolute atomic E-state index is 6.19. The molecule has 2 aromatic rings. The van der Waals surface area contributed by atoms with Gasteiger partial charge in [0.05, 0.1) is 6.04 Å². The Balaban J connectivity index is 2.59. The highest BCUT2D eigenvalue weighted by atomic mass is 35.5. The van der Waals surface area contributed by atoms with Crippen LogP contribution in [0.25, 0.3) is 0 Å². The molecule has 0 radical (unpaired) electrons. The summed E-state index contributed by atoms with van der Waals surface area (Å²) in [6.07, 6.45) is 0. The lowest BCUT2D eigenvalue weighted by molar-refractivity contribution is 0.637. The van der Waals surface area contributed by atoms with Crippen molar-refractivity contribution in [1.29, 1.82) is 0 Å². The highest BCUT2D eigenvalue weighted by Crippen LogP contribution is 2.37. The summed E-state index contributed by atoms with van der Waals surface area (Å²) in [5, 5.41) is 2.10. The van der Waals surface area contributed by atoms with Gasteiger partial charge in [0.15, 0.2) is 0 Å². The van der Waals surface area contributed by atoms with Gasteiger partial charge in [0.1, 0.15) is 0 Å². The molecule has 0 aliphatic heterocycles. The van der Waals surface area contributed by atoms with Crippen molar-refractivity contribution < 1.29 is 0 Å². The maximum atomic E-state index is 6.19. The van der Waals surface area contributed by atoms with Gasteiger partial charge in [-0.05, 0) is 35.9 Å². The van der Waals surface area contributed by atoms with E-state index in [2.05, 4.69) is 5.43 Å².